The number of hydrogen-bond donors (Lipinski definition) is 3. The van der Waals surface area contributed by atoms with Gasteiger partial charge in [-0.25, -0.2) is 21.6 Å². The molecule has 12 heteroatoms. The molecular weight excluding hydrogens is 617 g/mol. The summed E-state index contributed by atoms with van der Waals surface area (Å²) >= 11 is 0. The predicted molar refractivity (Wildman–Crippen MR) is 170 cm³/mol. The second-order valence-corrected chi connectivity index (χ2v) is 14.0. The van der Waals surface area contributed by atoms with Crippen molar-refractivity contribution in [1.82, 2.24) is 9.62 Å². The van der Waals surface area contributed by atoms with E-state index >= 15 is 4.39 Å². The fourth-order valence-corrected chi connectivity index (χ4v) is 8.68. The number of anilines is 1. The van der Waals surface area contributed by atoms with Gasteiger partial charge in [0.15, 0.2) is 0 Å². The lowest BCUT2D eigenvalue weighted by molar-refractivity contribution is -0.118. The zero-order valence-electron chi connectivity index (χ0n) is 25.8. The van der Waals surface area contributed by atoms with Crippen molar-refractivity contribution in [2.45, 2.75) is 68.0 Å². The number of nitrogens with one attached hydrogen (secondary N) is 2. The number of piperazine rings is 1. The first-order valence-corrected chi connectivity index (χ1v) is 17.2. The minimum Gasteiger partial charge on any atom is -0.381 e. The number of carbonyl (C=O) groups is 1. The highest BCUT2D eigenvalue weighted by atomic mass is 32.2. The van der Waals surface area contributed by atoms with Crippen LogP contribution in [0.15, 0.2) is 71.6 Å². The maximum Gasteiger partial charge on any atom is 0.243 e. The zero-order valence-corrected chi connectivity index (χ0v) is 26.6. The number of nitrogens with two attached hydrogens (primary N) is 1. The highest BCUT2D eigenvalue weighted by molar-refractivity contribution is 7.89. The molecule has 3 aromatic rings. The van der Waals surface area contributed by atoms with Gasteiger partial charge in [-0.1, -0.05) is 24.3 Å². The molecule has 2 heterocycles. The lowest BCUT2D eigenvalue weighted by atomic mass is 9.76. The third kappa shape index (κ3) is 7.80. The van der Waals surface area contributed by atoms with Crippen molar-refractivity contribution in [3.05, 3.63) is 95.3 Å². The van der Waals surface area contributed by atoms with E-state index in [2.05, 4.69) is 10.6 Å². The molecule has 1 amide bonds. The average molecular weight is 659 g/mol. The number of hydrogen-bond acceptors (Lipinski definition) is 6. The van der Waals surface area contributed by atoms with Crippen LogP contribution < -0.4 is 16.4 Å². The standard InChI is InChI=1S/C34H41F3N4O4S/c1-22-20-39-21-27(41(22)46(43,44)28-8-3-2-4-9-28)7-5-10-29-30(37)11-6-12-31(29)40-34(42)33(38)32(23-13-15-45-16-14-23)24-17-25(35)19-26(36)18-24/h2-4,6,8-9,11-12,17-19,22-23,27,32-33,39H,5,7,10,13-16,20-21,38H2,1H3,(H,40,42). The average Bonchev–Trinajstić information content (AvgIpc) is 3.03. The number of carbonyl (C=O) groups excluding carboxylic acids is 1. The van der Waals surface area contributed by atoms with Crippen molar-refractivity contribution in [3.63, 3.8) is 0 Å². The summed E-state index contributed by atoms with van der Waals surface area (Å²) in [5, 5.41) is 6.08. The number of sulfonamides is 1. The largest absolute Gasteiger partial charge is 0.381 e. The Balaban J connectivity index is 1.31. The number of amides is 1. The molecule has 0 radical (unpaired) electrons. The first kappa shape index (κ1) is 34.1. The number of benzene rings is 3. The van der Waals surface area contributed by atoms with Gasteiger partial charge in [-0.2, -0.15) is 4.31 Å². The van der Waals surface area contributed by atoms with Crippen LogP contribution in [0.5, 0.6) is 0 Å². The van der Waals surface area contributed by atoms with Crippen LogP contribution in [0.2, 0.25) is 0 Å². The van der Waals surface area contributed by atoms with Gasteiger partial charge in [0.2, 0.25) is 15.9 Å². The second kappa shape index (κ2) is 15.1. The molecule has 0 spiro atoms. The fourth-order valence-electron chi connectivity index (χ4n) is 6.81. The van der Waals surface area contributed by atoms with E-state index < -0.39 is 45.3 Å². The summed E-state index contributed by atoms with van der Waals surface area (Å²) in [6, 6.07) is 14.1. The van der Waals surface area contributed by atoms with Gasteiger partial charge >= 0.3 is 0 Å². The molecule has 8 nitrogen and oxygen atoms in total. The Labute approximate surface area is 268 Å². The Bertz CT molecular complexity index is 1580. The lowest BCUT2D eigenvalue weighted by Crippen LogP contribution is -2.58. The van der Waals surface area contributed by atoms with Gasteiger partial charge in [-0.05, 0) is 86.9 Å². The topological polar surface area (TPSA) is 114 Å². The van der Waals surface area contributed by atoms with Crippen molar-refractivity contribution in [3.8, 4) is 0 Å². The van der Waals surface area contributed by atoms with Gasteiger partial charge < -0.3 is 21.1 Å². The molecular formula is C34H41F3N4O4S. The SMILES string of the molecule is CC1CNCC(CCCc2c(F)cccc2NC(=O)C(N)C(c2cc(F)cc(F)c2)C2CCOCC2)N1S(=O)(=O)c1ccccc1. The van der Waals surface area contributed by atoms with Gasteiger partial charge in [-0.3, -0.25) is 4.79 Å². The second-order valence-electron chi connectivity index (χ2n) is 12.2. The van der Waals surface area contributed by atoms with Crippen molar-refractivity contribution in [2.75, 3.05) is 31.6 Å². The van der Waals surface area contributed by atoms with Crippen LogP contribution >= 0.6 is 0 Å². The first-order valence-electron chi connectivity index (χ1n) is 15.7. The molecule has 0 aromatic heterocycles. The fraction of sp³-hybridized carbons (Fsp3) is 0.441. The number of nitrogens with zero attached hydrogens (tertiary/aromatic N) is 1. The highest BCUT2D eigenvalue weighted by Gasteiger charge is 2.38. The molecule has 248 valence electrons. The van der Waals surface area contributed by atoms with Gasteiger partial charge in [0, 0.05) is 61.6 Å². The van der Waals surface area contributed by atoms with Crippen molar-refractivity contribution in [1.29, 1.82) is 0 Å². The van der Waals surface area contributed by atoms with Crippen molar-refractivity contribution >= 4 is 21.6 Å². The molecule has 5 rings (SSSR count). The molecule has 2 aliphatic rings. The predicted octanol–water partition coefficient (Wildman–Crippen LogP) is 4.95. The van der Waals surface area contributed by atoms with E-state index in [0.29, 0.717) is 52.0 Å². The maximum absolute atomic E-state index is 15.2. The Hall–Kier alpha value is -3.29. The lowest BCUT2D eigenvalue weighted by Gasteiger charge is -2.40. The minimum atomic E-state index is -3.75. The van der Waals surface area contributed by atoms with Crippen molar-refractivity contribution in [2.24, 2.45) is 11.7 Å². The Morgan fingerprint density at radius 1 is 1.02 bits per heavy atom. The summed E-state index contributed by atoms with van der Waals surface area (Å²) in [5.74, 6) is -3.47. The normalized spacial score (nSPS) is 21.1. The van der Waals surface area contributed by atoms with E-state index in [1.807, 2.05) is 6.92 Å². The Morgan fingerprint density at radius 2 is 1.72 bits per heavy atom. The van der Waals surface area contributed by atoms with Crippen LogP contribution in [0.25, 0.3) is 0 Å². The zero-order chi connectivity index (χ0) is 32.8. The minimum absolute atomic E-state index is 0.149. The van der Waals surface area contributed by atoms with Gasteiger partial charge in [0.1, 0.15) is 17.5 Å². The quantitative estimate of drug-likeness (QED) is 0.269. The molecule has 4 N–H and O–H groups in total. The van der Waals surface area contributed by atoms with E-state index in [4.69, 9.17) is 10.5 Å². The van der Waals surface area contributed by atoms with E-state index in [1.165, 1.54) is 24.3 Å². The number of ether oxygens (including phenoxy) is 1. The van der Waals surface area contributed by atoms with E-state index in [9.17, 15) is 22.0 Å². The highest BCUT2D eigenvalue weighted by Crippen LogP contribution is 2.36. The number of halogens is 3. The molecule has 0 saturated carbocycles. The van der Waals surface area contributed by atoms with Crippen LogP contribution in [0.4, 0.5) is 18.9 Å². The molecule has 0 aliphatic carbocycles. The first-order chi connectivity index (χ1) is 22.1. The monoisotopic (exact) mass is 658 g/mol. The summed E-state index contributed by atoms with van der Waals surface area (Å²) in [4.78, 5) is 13.8. The van der Waals surface area contributed by atoms with E-state index in [0.717, 1.165) is 6.07 Å². The summed E-state index contributed by atoms with van der Waals surface area (Å²) in [7, 11) is -3.75. The third-order valence-electron chi connectivity index (χ3n) is 9.01. The molecule has 2 aliphatic heterocycles. The van der Waals surface area contributed by atoms with E-state index in [1.54, 1.807) is 40.7 Å². The summed E-state index contributed by atoms with van der Waals surface area (Å²) in [6.45, 7) is 3.73. The summed E-state index contributed by atoms with van der Waals surface area (Å²) < 4.78 is 77.8. The van der Waals surface area contributed by atoms with E-state index in [-0.39, 0.29) is 46.1 Å². The Morgan fingerprint density at radius 3 is 2.41 bits per heavy atom. The van der Waals surface area contributed by atoms with Gasteiger partial charge in [0.05, 0.1) is 10.9 Å². The molecule has 2 saturated heterocycles. The van der Waals surface area contributed by atoms with Gasteiger partial charge in [-0.15, -0.1) is 0 Å². The summed E-state index contributed by atoms with van der Waals surface area (Å²) in [6.07, 6.45) is 2.28. The molecule has 3 aromatic carbocycles. The smallest absolute Gasteiger partial charge is 0.243 e. The van der Waals surface area contributed by atoms with Crippen molar-refractivity contribution < 1.29 is 31.1 Å². The molecule has 4 atom stereocenters. The van der Waals surface area contributed by atoms with Crippen LogP contribution in [0.3, 0.4) is 0 Å². The number of rotatable bonds is 11. The van der Waals surface area contributed by atoms with Crippen LogP contribution in [0.1, 0.15) is 49.7 Å². The summed E-state index contributed by atoms with van der Waals surface area (Å²) in [5.41, 5.74) is 7.33. The molecule has 4 unspecified atom stereocenters. The van der Waals surface area contributed by atoms with Crippen LogP contribution in [0, 0.1) is 23.4 Å². The Kier molecular flexibility index (Phi) is 11.2. The molecule has 0 bridgehead atoms. The molecule has 2 fully saturated rings. The van der Waals surface area contributed by atoms with Crippen LogP contribution in [-0.4, -0.2) is 63.1 Å². The maximum atomic E-state index is 15.2. The van der Waals surface area contributed by atoms with Crippen LogP contribution in [-0.2, 0) is 26.0 Å². The molecule has 46 heavy (non-hydrogen) atoms. The third-order valence-corrected chi connectivity index (χ3v) is 11.1. The van der Waals surface area contributed by atoms with Gasteiger partial charge in [0.25, 0.3) is 0 Å².